The van der Waals surface area contributed by atoms with Gasteiger partial charge in [-0.3, -0.25) is 5.43 Å². The number of hydrogen-bond donors (Lipinski definition) is 1. The molecule has 26 heavy (non-hydrogen) atoms. The smallest absolute Gasteiger partial charge is 0.150 e. The van der Waals surface area contributed by atoms with Crippen molar-refractivity contribution in [1.82, 2.24) is 9.97 Å². The molecule has 0 aliphatic heterocycles. The average Bonchev–Trinajstić information content (AvgIpc) is 2.66. The lowest BCUT2D eigenvalue weighted by Crippen LogP contribution is -2.03. The Morgan fingerprint density at radius 2 is 1.65 bits per heavy atom. The zero-order valence-corrected chi connectivity index (χ0v) is 15.4. The van der Waals surface area contributed by atoms with E-state index in [9.17, 15) is 0 Å². The summed E-state index contributed by atoms with van der Waals surface area (Å²) in [6.45, 7) is 5.91. The normalized spacial score (nSPS) is 11.3. The minimum absolute atomic E-state index is 0.662. The van der Waals surface area contributed by atoms with Crippen molar-refractivity contribution in [3.8, 4) is 17.0 Å². The fourth-order valence-corrected chi connectivity index (χ4v) is 2.54. The van der Waals surface area contributed by atoms with Crippen LogP contribution in [0.15, 0.2) is 59.7 Å². The van der Waals surface area contributed by atoms with Gasteiger partial charge < -0.3 is 4.74 Å². The quantitative estimate of drug-likeness (QED) is 0.541. The van der Waals surface area contributed by atoms with Gasteiger partial charge in [-0.15, -0.1) is 0 Å². The Morgan fingerprint density at radius 1 is 0.962 bits per heavy atom. The largest absolute Gasteiger partial charge is 0.497 e. The van der Waals surface area contributed by atoms with E-state index in [1.807, 2.05) is 44.2 Å². The van der Waals surface area contributed by atoms with Crippen LogP contribution in [0.4, 0.5) is 5.82 Å². The monoisotopic (exact) mass is 346 g/mol. The van der Waals surface area contributed by atoms with Crippen molar-refractivity contribution in [2.24, 2.45) is 5.10 Å². The summed E-state index contributed by atoms with van der Waals surface area (Å²) >= 11 is 0. The average molecular weight is 346 g/mol. The molecule has 2 aromatic carbocycles. The maximum Gasteiger partial charge on any atom is 0.150 e. The minimum atomic E-state index is 0.662. The van der Waals surface area contributed by atoms with E-state index in [0.717, 1.165) is 28.3 Å². The molecule has 1 heterocycles. The van der Waals surface area contributed by atoms with Gasteiger partial charge in [-0.05, 0) is 50.6 Å². The highest BCUT2D eigenvalue weighted by molar-refractivity contribution is 5.99. The number of rotatable bonds is 5. The van der Waals surface area contributed by atoms with Gasteiger partial charge in [-0.25, -0.2) is 9.97 Å². The molecule has 5 heteroatoms. The van der Waals surface area contributed by atoms with Crippen LogP contribution in [0.5, 0.6) is 5.75 Å². The van der Waals surface area contributed by atoms with Crippen molar-refractivity contribution < 1.29 is 4.74 Å². The number of nitrogens with zero attached hydrogens (tertiary/aromatic N) is 3. The summed E-state index contributed by atoms with van der Waals surface area (Å²) in [6, 6.07) is 17.9. The highest BCUT2D eigenvalue weighted by Gasteiger charge is 2.05. The molecule has 0 bridgehead atoms. The van der Waals surface area contributed by atoms with Gasteiger partial charge in [0.15, 0.2) is 0 Å². The number of methoxy groups -OCH3 is 1. The lowest BCUT2D eigenvalue weighted by molar-refractivity contribution is 0.415. The third-order valence-electron chi connectivity index (χ3n) is 4.03. The molecule has 0 unspecified atom stereocenters. The van der Waals surface area contributed by atoms with Crippen molar-refractivity contribution in [3.05, 3.63) is 71.5 Å². The molecular weight excluding hydrogens is 324 g/mol. The van der Waals surface area contributed by atoms with Crippen molar-refractivity contribution in [1.29, 1.82) is 0 Å². The predicted octanol–water partition coefficient (Wildman–Crippen LogP) is 4.61. The van der Waals surface area contributed by atoms with E-state index >= 15 is 0 Å². The summed E-state index contributed by atoms with van der Waals surface area (Å²) in [4.78, 5) is 8.93. The van der Waals surface area contributed by atoms with Gasteiger partial charge in [-0.2, -0.15) is 5.10 Å². The molecule has 1 N–H and O–H groups in total. The number of anilines is 1. The molecule has 1 aromatic heterocycles. The van der Waals surface area contributed by atoms with Crippen LogP contribution in [-0.2, 0) is 0 Å². The Balaban J connectivity index is 1.83. The Hall–Kier alpha value is -3.21. The van der Waals surface area contributed by atoms with Crippen molar-refractivity contribution >= 4 is 11.5 Å². The maximum atomic E-state index is 5.20. The molecule has 0 atom stereocenters. The van der Waals surface area contributed by atoms with Crippen LogP contribution in [-0.4, -0.2) is 22.8 Å². The topological polar surface area (TPSA) is 59.4 Å². The highest BCUT2D eigenvalue weighted by Crippen LogP contribution is 2.22. The molecule has 3 rings (SSSR count). The van der Waals surface area contributed by atoms with Crippen LogP contribution in [0.25, 0.3) is 11.3 Å². The van der Waals surface area contributed by atoms with Crippen LogP contribution in [0.3, 0.4) is 0 Å². The van der Waals surface area contributed by atoms with Crippen LogP contribution in [0.1, 0.15) is 23.9 Å². The zero-order valence-electron chi connectivity index (χ0n) is 15.4. The summed E-state index contributed by atoms with van der Waals surface area (Å²) in [6.07, 6.45) is 0. The van der Waals surface area contributed by atoms with Gasteiger partial charge in [-0.1, -0.05) is 29.8 Å². The Labute approximate surface area is 153 Å². The molecular formula is C21H22N4O. The van der Waals surface area contributed by atoms with Crippen LogP contribution in [0, 0.1) is 13.8 Å². The molecule has 5 nitrogen and oxygen atoms in total. The summed E-state index contributed by atoms with van der Waals surface area (Å²) < 4.78 is 5.20. The number of aromatic nitrogens is 2. The van der Waals surface area contributed by atoms with E-state index < -0.39 is 0 Å². The van der Waals surface area contributed by atoms with Gasteiger partial charge in [0, 0.05) is 11.6 Å². The SMILES string of the molecule is COc1ccc(-c2cc(NN=C(C)c3ccc(C)cc3)nc(C)n2)cc1. The number of benzene rings is 2. The van der Waals surface area contributed by atoms with Gasteiger partial charge in [0.05, 0.1) is 18.5 Å². The molecule has 0 spiro atoms. The second kappa shape index (κ2) is 7.78. The lowest BCUT2D eigenvalue weighted by atomic mass is 10.1. The van der Waals surface area contributed by atoms with Crippen molar-refractivity contribution in [3.63, 3.8) is 0 Å². The number of hydrazone groups is 1. The fraction of sp³-hybridized carbons (Fsp3) is 0.190. The molecule has 0 saturated heterocycles. The molecule has 0 fully saturated rings. The van der Waals surface area contributed by atoms with Gasteiger partial charge >= 0.3 is 0 Å². The van der Waals surface area contributed by atoms with E-state index in [4.69, 9.17) is 4.74 Å². The molecule has 132 valence electrons. The first kappa shape index (κ1) is 17.6. The van der Waals surface area contributed by atoms with Crippen molar-refractivity contribution in [2.75, 3.05) is 12.5 Å². The molecule has 3 aromatic rings. The van der Waals surface area contributed by atoms with Gasteiger partial charge in [0.25, 0.3) is 0 Å². The zero-order chi connectivity index (χ0) is 18.5. The minimum Gasteiger partial charge on any atom is -0.497 e. The van der Waals surface area contributed by atoms with Crippen LogP contribution >= 0.6 is 0 Å². The third kappa shape index (κ3) is 4.25. The maximum absolute atomic E-state index is 5.20. The van der Waals surface area contributed by atoms with Crippen LogP contribution < -0.4 is 10.2 Å². The lowest BCUT2D eigenvalue weighted by Gasteiger charge is -2.08. The second-order valence-corrected chi connectivity index (χ2v) is 6.09. The summed E-state index contributed by atoms with van der Waals surface area (Å²) in [7, 11) is 1.65. The summed E-state index contributed by atoms with van der Waals surface area (Å²) in [5.41, 5.74) is 8.08. The van der Waals surface area contributed by atoms with E-state index in [0.29, 0.717) is 11.6 Å². The first-order chi connectivity index (χ1) is 12.5. The molecule has 0 aliphatic rings. The standard InChI is InChI=1S/C21H22N4O/c1-14-5-7-17(8-6-14)15(2)24-25-21-13-20(22-16(3)23-21)18-9-11-19(26-4)12-10-18/h5-13H,1-4H3,(H,22,23,25). The van der Waals surface area contributed by atoms with E-state index in [1.165, 1.54) is 5.56 Å². The third-order valence-corrected chi connectivity index (χ3v) is 4.03. The Morgan fingerprint density at radius 3 is 2.31 bits per heavy atom. The van der Waals surface area contributed by atoms with Gasteiger partial charge in [0.2, 0.25) is 0 Å². The number of ether oxygens (including phenoxy) is 1. The first-order valence-corrected chi connectivity index (χ1v) is 8.42. The van der Waals surface area contributed by atoms with Crippen LogP contribution in [0.2, 0.25) is 0 Å². The molecule has 0 amide bonds. The van der Waals surface area contributed by atoms with E-state index in [1.54, 1.807) is 7.11 Å². The second-order valence-electron chi connectivity index (χ2n) is 6.09. The first-order valence-electron chi connectivity index (χ1n) is 8.42. The molecule has 0 saturated carbocycles. The Bertz CT molecular complexity index is 916. The van der Waals surface area contributed by atoms with Crippen molar-refractivity contribution in [2.45, 2.75) is 20.8 Å². The number of nitrogens with one attached hydrogen (secondary N) is 1. The number of aryl methyl sites for hydroxylation is 2. The molecule has 0 aliphatic carbocycles. The van der Waals surface area contributed by atoms with E-state index in [-0.39, 0.29) is 0 Å². The number of hydrogen-bond acceptors (Lipinski definition) is 5. The van der Waals surface area contributed by atoms with Gasteiger partial charge in [0.1, 0.15) is 17.4 Å². The highest BCUT2D eigenvalue weighted by atomic mass is 16.5. The summed E-state index contributed by atoms with van der Waals surface area (Å²) in [5, 5.41) is 4.45. The predicted molar refractivity (Wildman–Crippen MR) is 106 cm³/mol. The fourth-order valence-electron chi connectivity index (χ4n) is 2.54. The summed E-state index contributed by atoms with van der Waals surface area (Å²) in [5.74, 6) is 2.16. The molecule has 0 radical (unpaired) electrons. The Kier molecular flexibility index (Phi) is 5.27. The van der Waals surface area contributed by atoms with E-state index in [2.05, 4.69) is 51.7 Å².